The van der Waals surface area contributed by atoms with Gasteiger partial charge < -0.3 is 4.74 Å². The van der Waals surface area contributed by atoms with Gasteiger partial charge in [-0.2, -0.15) is 5.26 Å². The van der Waals surface area contributed by atoms with E-state index in [4.69, 9.17) is 10.00 Å². The van der Waals surface area contributed by atoms with Crippen molar-refractivity contribution in [2.45, 2.75) is 13.3 Å². The van der Waals surface area contributed by atoms with Crippen LogP contribution in [0.4, 0.5) is 4.39 Å². The molecule has 0 radical (unpaired) electrons. The highest BCUT2D eigenvalue weighted by Crippen LogP contribution is 2.23. The average Bonchev–Trinajstić information content (AvgIpc) is 3.03. The Morgan fingerprint density at radius 3 is 2.75 bits per heavy atom. The molecule has 3 rings (SSSR count). The molecule has 0 amide bonds. The van der Waals surface area contributed by atoms with Gasteiger partial charge in [-0.1, -0.05) is 6.07 Å². The van der Waals surface area contributed by atoms with Crippen molar-refractivity contribution in [3.05, 3.63) is 77.0 Å². The molecular weight excluding hydrogens is 307 g/mol. The van der Waals surface area contributed by atoms with Crippen LogP contribution in [-0.4, -0.2) is 11.0 Å². The highest BCUT2D eigenvalue weighted by molar-refractivity contribution is 5.90. The summed E-state index contributed by atoms with van der Waals surface area (Å²) >= 11 is 0. The van der Waals surface area contributed by atoms with Gasteiger partial charge in [0.15, 0.2) is 0 Å². The molecule has 0 unspecified atom stereocenters. The summed E-state index contributed by atoms with van der Waals surface area (Å²) in [5.74, 6) is -0.494. The number of nitriles is 1. The summed E-state index contributed by atoms with van der Waals surface area (Å²) in [4.78, 5) is 16.2. The van der Waals surface area contributed by atoms with Crippen LogP contribution < -0.4 is 0 Å². The molecule has 1 aliphatic rings. The first kappa shape index (κ1) is 15.6. The lowest BCUT2D eigenvalue weighted by Crippen LogP contribution is -2.05. The summed E-state index contributed by atoms with van der Waals surface area (Å²) in [6, 6.07) is 10.0. The van der Waals surface area contributed by atoms with Crippen molar-refractivity contribution in [3.8, 4) is 17.3 Å². The second-order valence-corrected chi connectivity index (χ2v) is 5.42. The second kappa shape index (κ2) is 6.47. The molecule has 0 spiro atoms. The number of aryl methyl sites for hydroxylation is 1. The zero-order valence-electron chi connectivity index (χ0n) is 12.9. The fourth-order valence-corrected chi connectivity index (χ4v) is 2.33. The topological polar surface area (TPSA) is 63.0 Å². The van der Waals surface area contributed by atoms with E-state index < -0.39 is 5.97 Å². The predicted octanol–water partition coefficient (Wildman–Crippen LogP) is 4.09. The minimum Gasteiger partial charge on any atom is -0.427 e. The number of ether oxygens (including phenoxy) is 1. The summed E-state index contributed by atoms with van der Waals surface area (Å²) in [6.07, 6.45) is 4.87. The smallest absolute Gasteiger partial charge is 0.344 e. The molecule has 1 aromatic carbocycles. The van der Waals surface area contributed by atoms with Crippen LogP contribution in [0.1, 0.15) is 22.3 Å². The molecule has 0 saturated carbocycles. The highest BCUT2D eigenvalue weighted by atomic mass is 19.1. The lowest BCUT2D eigenvalue weighted by molar-refractivity contribution is 0.0620. The van der Waals surface area contributed by atoms with E-state index in [0.717, 1.165) is 5.56 Å². The second-order valence-electron chi connectivity index (χ2n) is 5.42. The van der Waals surface area contributed by atoms with Crippen molar-refractivity contribution in [1.29, 1.82) is 5.26 Å². The third kappa shape index (κ3) is 3.23. The highest BCUT2D eigenvalue weighted by Gasteiger charge is 2.15. The summed E-state index contributed by atoms with van der Waals surface area (Å²) in [6.45, 7) is 1.81. The van der Waals surface area contributed by atoms with Crippen LogP contribution >= 0.6 is 0 Å². The molecule has 118 valence electrons. The van der Waals surface area contributed by atoms with Crippen LogP contribution in [0.25, 0.3) is 11.3 Å². The number of benzene rings is 1. The van der Waals surface area contributed by atoms with E-state index in [-0.39, 0.29) is 11.4 Å². The van der Waals surface area contributed by atoms with Crippen molar-refractivity contribution in [3.63, 3.8) is 0 Å². The Labute approximate surface area is 138 Å². The maximum atomic E-state index is 14.0. The van der Waals surface area contributed by atoms with Gasteiger partial charge in [-0.05, 0) is 48.9 Å². The Kier molecular flexibility index (Phi) is 4.21. The summed E-state index contributed by atoms with van der Waals surface area (Å²) < 4.78 is 19.2. The van der Waals surface area contributed by atoms with E-state index in [9.17, 15) is 9.18 Å². The minimum absolute atomic E-state index is 0.262. The summed E-state index contributed by atoms with van der Waals surface area (Å²) in [5, 5.41) is 8.78. The summed E-state index contributed by atoms with van der Waals surface area (Å²) in [5.41, 5.74) is 2.45. The van der Waals surface area contributed by atoms with E-state index in [1.54, 1.807) is 30.4 Å². The fraction of sp³-hybridized carbons (Fsp3) is 0.105. The summed E-state index contributed by atoms with van der Waals surface area (Å²) in [7, 11) is 0. The van der Waals surface area contributed by atoms with Gasteiger partial charge in [-0.3, -0.25) is 4.98 Å². The zero-order chi connectivity index (χ0) is 17.1. The van der Waals surface area contributed by atoms with Gasteiger partial charge in [0.05, 0.1) is 17.3 Å². The first-order valence-electron chi connectivity index (χ1n) is 7.31. The predicted molar refractivity (Wildman–Crippen MR) is 86.2 cm³/mol. The van der Waals surface area contributed by atoms with Crippen molar-refractivity contribution in [2.24, 2.45) is 0 Å². The van der Waals surface area contributed by atoms with Crippen LogP contribution in [-0.2, 0) is 4.74 Å². The molecule has 0 bridgehead atoms. The number of nitrogens with zero attached hydrogens (tertiary/aromatic N) is 2. The number of aromatic nitrogens is 1. The number of carbonyl (C=O) groups is 1. The number of rotatable bonds is 3. The zero-order valence-corrected chi connectivity index (χ0v) is 12.9. The van der Waals surface area contributed by atoms with E-state index >= 15 is 0 Å². The van der Waals surface area contributed by atoms with Crippen LogP contribution in [0.2, 0.25) is 0 Å². The molecule has 0 aliphatic heterocycles. The third-order valence-electron chi connectivity index (χ3n) is 3.60. The van der Waals surface area contributed by atoms with Crippen molar-refractivity contribution in [2.75, 3.05) is 0 Å². The van der Waals surface area contributed by atoms with Gasteiger partial charge in [-0.25, -0.2) is 9.18 Å². The van der Waals surface area contributed by atoms with Crippen LogP contribution in [0.5, 0.6) is 0 Å². The van der Waals surface area contributed by atoms with E-state index in [2.05, 4.69) is 4.98 Å². The lowest BCUT2D eigenvalue weighted by Gasteiger charge is -2.07. The van der Waals surface area contributed by atoms with Crippen LogP contribution in [0.3, 0.4) is 0 Å². The van der Waals surface area contributed by atoms with Gasteiger partial charge >= 0.3 is 5.97 Å². The quantitative estimate of drug-likeness (QED) is 0.799. The molecule has 1 heterocycles. The first-order valence-corrected chi connectivity index (χ1v) is 7.31. The molecule has 5 heteroatoms. The van der Waals surface area contributed by atoms with Crippen LogP contribution in [0.15, 0.2) is 60.0 Å². The lowest BCUT2D eigenvalue weighted by atomic mass is 10.1. The van der Waals surface area contributed by atoms with Crippen molar-refractivity contribution < 1.29 is 13.9 Å². The molecule has 24 heavy (non-hydrogen) atoms. The van der Waals surface area contributed by atoms with E-state index in [1.807, 2.05) is 13.0 Å². The Morgan fingerprint density at radius 1 is 1.29 bits per heavy atom. The van der Waals surface area contributed by atoms with Crippen molar-refractivity contribution in [1.82, 2.24) is 4.98 Å². The largest absolute Gasteiger partial charge is 0.427 e. The standard InChI is InChI=1S/C19H13FN2O2/c1-12-2-6-16(17(20)8-12)18-7-4-14(11-22-18)19(23)24-15-5-3-13(9-15)10-21/h2-8,11H,9H2,1H3. The SMILES string of the molecule is Cc1ccc(-c2ccc(C(=O)OC3=CC=C(C#N)C3)cn2)c(F)c1. The molecule has 0 saturated heterocycles. The van der Waals surface area contributed by atoms with Gasteiger partial charge in [0.2, 0.25) is 0 Å². The molecule has 0 fully saturated rings. The van der Waals surface area contributed by atoms with Gasteiger partial charge in [0.25, 0.3) is 0 Å². The Morgan fingerprint density at radius 2 is 2.12 bits per heavy atom. The molecule has 0 N–H and O–H groups in total. The normalized spacial score (nSPS) is 13.0. The first-order chi connectivity index (χ1) is 11.6. The Hall–Kier alpha value is -3.26. The number of halogens is 1. The maximum Gasteiger partial charge on any atom is 0.344 e. The van der Waals surface area contributed by atoms with Gasteiger partial charge in [-0.15, -0.1) is 0 Å². The molecular formula is C19H13FN2O2. The monoisotopic (exact) mass is 320 g/mol. The van der Waals surface area contributed by atoms with Crippen molar-refractivity contribution >= 4 is 5.97 Å². The number of hydrogen-bond donors (Lipinski definition) is 0. The Bertz CT molecular complexity index is 906. The number of esters is 1. The third-order valence-corrected chi connectivity index (χ3v) is 3.60. The molecule has 1 aliphatic carbocycles. The van der Waals surface area contributed by atoms with Crippen LogP contribution in [0, 0.1) is 24.1 Å². The minimum atomic E-state index is -0.558. The average molecular weight is 320 g/mol. The number of pyridine rings is 1. The molecule has 1 aromatic heterocycles. The number of allylic oxidation sites excluding steroid dienone is 3. The molecule has 0 atom stereocenters. The fourth-order valence-electron chi connectivity index (χ4n) is 2.33. The molecule has 2 aromatic rings. The van der Waals surface area contributed by atoms with Gasteiger partial charge in [0, 0.05) is 23.8 Å². The van der Waals surface area contributed by atoms with E-state index in [0.29, 0.717) is 29.0 Å². The Balaban J connectivity index is 1.73. The van der Waals surface area contributed by atoms with Gasteiger partial charge in [0.1, 0.15) is 11.6 Å². The maximum absolute atomic E-state index is 14.0. The number of hydrogen-bond acceptors (Lipinski definition) is 4. The number of carbonyl (C=O) groups excluding carboxylic acids is 1. The van der Waals surface area contributed by atoms with E-state index in [1.165, 1.54) is 18.3 Å². The molecule has 4 nitrogen and oxygen atoms in total.